The quantitative estimate of drug-likeness (QED) is 0.258. The summed E-state index contributed by atoms with van der Waals surface area (Å²) in [5.74, 6) is -0.531. The molecular formula is C7H13NO3. The maximum Gasteiger partial charge on any atom is 0.327 e. The molecule has 0 atom stereocenters. The van der Waals surface area contributed by atoms with Crippen molar-refractivity contribution in [1.29, 1.82) is 0 Å². The molecule has 0 aromatic heterocycles. The predicted octanol–water partition coefficient (Wildman–Crippen LogP) is 0.0757. The summed E-state index contributed by atoms with van der Waals surface area (Å²) >= 11 is 0. The van der Waals surface area contributed by atoms with Gasteiger partial charge in [-0.3, -0.25) is 9.59 Å². The summed E-state index contributed by atoms with van der Waals surface area (Å²) in [6.07, 6.45) is 2.10. The van der Waals surface area contributed by atoms with Gasteiger partial charge in [-0.2, -0.15) is 0 Å². The van der Waals surface area contributed by atoms with Gasteiger partial charge in [0, 0.05) is 0 Å². The first-order valence-corrected chi connectivity index (χ1v) is 3.65. The van der Waals surface area contributed by atoms with E-state index >= 15 is 0 Å². The van der Waals surface area contributed by atoms with E-state index < -0.39 is 5.97 Å². The number of esters is 1. The van der Waals surface area contributed by atoms with E-state index in [0.717, 1.165) is 19.4 Å². The first-order valence-electron chi connectivity index (χ1n) is 3.65. The Hall–Kier alpha value is -0.900. The molecule has 0 amide bonds. The lowest BCUT2D eigenvalue weighted by molar-refractivity contribution is -0.150. The third-order valence-corrected chi connectivity index (χ3v) is 1.16. The average molecular weight is 159 g/mol. The molecule has 0 bridgehead atoms. The van der Waals surface area contributed by atoms with Gasteiger partial charge in [0.2, 0.25) is 0 Å². The fourth-order valence-electron chi connectivity index (χ4n) is 0.588. The third kappa shape index (κ3) is 6.99. The fraction of sp³-hybridized carbons (Fsp3) is 0.714. The van der Waals surface area contributed by atoms with Gasteiger partial charge >= 0.3 is 12.4 Å². The van der Waals surface area contributed by atoms with Crippen LogP contribution in [0, 0.1) is 0 Å². The Balaban J connectivity index is 3.10. The molecule has 11 heavy (non-hydrogen) atoms. The highest BCUT2D eigenvalue weighted by Crippen LogP contribution is 1.81. The summed E-state index contributed by atoms with van der Waals surface area (Å²) < 4.78 is 4.04. The maximum absolute atomic E-state index is 10.5. The highest BCUT2D eigenvalue weighted by atomic mass is 16.6. The van der Waals surface area contributed by atoms with Crippen molar-refractivity contribution in [3.05, 3.63) is 0 Å². The molecule has 0 aromatic rings. The summed E-state index contributed by atoms with van der Waals surface area (Å²) in [4.78, 5) is 20.1. The van der Waals surface area contributed by atoms with Crippen LogP contribution in [-0.2, 0) is 14.3 Å². The van der Waals surface area contributed by atoms with Crippen molar-refractivity contribution in [1.82, 2.24) is 5.32 Å². The topological polar surface area (TPSA) is 55.4 Å². The Morgan fingerprint density at radius 1 is 1.64 bits per heavy atom. The van der Waals surface area contributed by atoms with E-state index in [1.165, 1.54) is 0 Å². The zero-order valence-electron chi connectivity index (χ0n) is 6.63. The van der Waals surface area contributed by atoms with Crippen LogP contribution in [0.3, 0.4) is 0 Å². The normalized spacial score (nSPS) is 9.18. The number of carbonyl (C=O) groups excluding carboxylic acids is 2. The van der Waals surface area contributed by atoms with Gasteiger partial charge in [-0.05, 0) is 13.0 Å². The summed E-state index contributed by atoms with van der Waals surface area (Å²) in [5, 5.41) is 2.84. The Bertz CT molecular complexity index is 125. The number of unbranched alkanes of at least 4 members (excludes halogenated alkanes) is 1. The minimum atomic E-state index is -0.531. The van der Waals surface area contributed by atoms with Gasteiger partial charge in [0.25, 0.3) is 0 Å². The number of rotatable bonds is 6. The summed E-state index contributed by atoms with van der Waals surface area (Å²) in [5.41, 5.74) is 0. The van der Waals surface area contributed by atoms with Crippen LogP contribution in [0.4, 0.5) is 0 Å². The highest BCUT2D eigenvalue weighted by Gasteiger charge is 1.98. The average Bonchev–Trinajstić information content (AvgIpc) is 1.99. The zero-order chi connectivity index (χ0) is 8.53. The van der Waals surface area contributed by atoms with Crippen LogP contribution in [0.1, 0.15) is 19.8 Å². The lowest BCUT2D eigenvalue weighted by Crippen LogP contribution is -2.25. The van der Waals surface area contributed by atoms with E-state index in [1.54, 1.807) is 0 Å². The van der Waals surface area contributed by atoms with Gasteiger partial charge in [0.15, 0.2) is 0 Å². The van der Waals surface area contributed by atoms with Crippen LogP contribution >= 0.6 is 0 Å². The molecular weight excluding hydrogens is 146 g/mol. The number of carbonyl (C=O) groups is 2. The van der Waals surface area contributed by atoms with E-state index in [0.29, 0.717) is 0 Å². The Labute approximate surface area is 65.9 Å². The van der Waals surface area contributed by atoms with Crippen molar-refractivity contribution in [3.63, 3.8) is 0 Å². The lowest BCUT2D eigenvalue weighted by atomic mass is 10.3. The van der Waals surface area contributed by atoms with Crippen LogP contribution in [0.15, 0.2) is 0 Å². The van der Waals surface area contributed by atoms with Crippen molar-refractivity contribution < 1.29 is 14.3 Å². The van der Waals surface area contributed by atoms with Gasteiger partial charge in [0.1, 0.15) is 0 Å². The maximum atomic E-state index is 10.5. The van der Waals surface area contributed by atoms with Crippen LogP contribution in [-0.4, -0.2) is 25.5 Å². The second-order valence-corrected chi connectivity index (χ2v) is 2.12. The number of hydrogen-bond donors (Lipinski definition) is 1. The molecule has 0 aliphatic heterocycles. The van der Waals surface area contributed by atoms with E-state index in [1.807, 2.05) is 0 Å². The molecule has 0 aromatic carbocycles. The van der Waals surface area contributed by atoms with Gasteiger partial charge in [-0.15, -0.1) is 0 Å². The van der Waals surface area contributed by atoms with Crippen molar-refractivity contribution in [2.45, 2.75) is 19.8 Å². The fourth-order valence-corrected chi connectivity index (χ4v) is 0.588. The molecule has 0 spiro atoms. The van der Waals surface area contributed by atoms with Crippen LogP contribution in [0.5, 0.6) is 0 Å². The first kappa shape index (κ1) is 10.1. The monoisotopic (exact) mass is 159 g/mol. The van der Waals surface area contributed by atoms with E-state index in [-0.39, 0.29) is 13.0 Å². The number of nitrogens with one attached hydrogen (secondary N) is 1. The Morgan fingerprint density at radius 3 is 2.91 bits per heavy atom. The van der Waals surface area contributed by atoms with Crippen LogP contribution in [0.25, 0.3) is 0 Å². The van der Waals surface area contributed by atoms with Gasteiger partial charge in [-0.25, -0.2) is 0 Å². The van der Waals surface area contributed by atoms with Gasteiger partial charge < -0.3 is 10.1 Å². The molecule has 0 saturated carbocycles. The summed E-state index contributed by atoms with van der Waals surface area (Å²) in [6, 6.07) is 0. The Morgan fingerprint density at radius 2 is 2.36 bits per heavy atom. The predicted molar refractivity (Wildman–Crippen MR) is 39.9 cm³/mol. The molecule has 0 unspecified atom stereocenters. The zero-order valence-corrected chi connectivity index (χ0v) is 6.63. The summed E-state index contributed by atoms with van der Waals surface area (Å²) in [7, 11) is 0. The first-order chi connectivity index (χ1) is 5.31. The molecule has 0 heterocycles. The van der Waals surface area contributed by atoms with Crippen molar-refractivity contribution in [3.8, 4) is 0 Å². The molecule has 0 fully saturated rings. The molecule has 0 aliphatic carbocycles. The lowest BCUT2D eigenvalue weighted by Gasteiger charge is -1.99. The van der Waals surface area contributed by atoms with Crippen LogP contribution in [0.2, 0.25) is 0 Å². The summed E-state index contributed by atoms with van der Waals surface area (Å²) in [6.45, 7) is 3.10. The number of hydrogen-bond acceptors (Lipinski definition) is 4. The Kier molecular flexibility index (Phi) is 6.62. The van der Waals surface area contributed by atoms with Crippen molar-refractivity contribution >= 4 is 12.4 Å². The molecule has 64 valence electrons. The SMILES string of the molecule is CCCCNCC(=O)OC=O. The van der Waals surface area contributed by atoms with Crippen molar-refractivity contribution in [2.75, 3.05) is 13.1 Å². The van der Waals surface area contributed by atoms with Crippen LogP contribution < -0.4 is 5.32 Å². The smallest absolute Gasteiger partial charge is 0.327 e. The van der Waals surface area contributed by atoms with E-state index in [9.17, 15) is 9.59 Å². The molecule has 0 saturated heterocycles. The molecule has 1 N–H and O–H groups in total. The van der Waals surface area contributed by atoms with Crippen molar-refractivity contribution in [2.24, 2.45) is 0 Å². The minimum absolute atomic E-state index is 0.110. The molecule has 0 radical (unpaired) electrons. The molecule has 0 rings (SSSR count). The third-order valence-electron chi connectivity index (χ3n) is 1.16. The minimum Gasteiger partial charge on any atom is -0.395 e. The second kappa shape index (κ2) is 7.21. The van der Waals surface area contributed by atoms with E-state index in [2.05, 4.69) is 17.0 Å². The standard InChI is InChI=1S/C7H13NO3/c1-2-3-4-8-5-7(10)11-6-9/h6,8H,2-5H2,1H3. The molecule has 0 aliphatic rings. The largest absolute Gasteiger partial charge is 0.395 e. The number of ether oxygens (including phenoxy) is 1. The molecule has 4 heteroatoms. The second-order valence-electron chi connectivity index (χ2n) is 2.12. The van der Waals surface area contributed by atoms with E-state index in [4.69, 9.17) is 0 Å². The molecule has 4 nitrogen and oxygen atoms in total. The highest BCUT2D eigenvalue weighted by molar-refractivity contribution is 5.78. The van der Waals surface area contributed by atoms with Gasteiger partial charge in [0.05, 0.1) is 6.54 Å². The van der Waals surface area contributed by atoms with Gasteiger partial charge in [-0.1, -0.05) is 13.3 Å².